The normalized spacial score (nSPS) is 10.8. The van der Waals surface area contributed by atoms with Crippen molar-refractivity contribution in [3.8, 4) is 23.0 Å². The summed E-state index contributed by atoms with van der Waals surface area (Å²) in [7, 11) is 1.63. The van der Waals surface area contributed by atoms with Crippen LogP contribution in [0.3, 0.4) is 0 Å². The number of halogens is 1. The Labute approximate surface area is 164 Å². The Morgan fingerprint density at radius 3 is 2.67 bits per heavy atom. The van der Waals surface area contributed by atoms with Gasteiger partial charge in [-0.15, -0.1) is 5.10 Å². The van der Waals surface area contributed by atoms with Crippen LogP contribution in [0.25, 0.3) is 17.2 Å². The standard InChI is InChI=1S/C18H15ClN6OS/c1-11-16(22-24-25(11)13-9-7-12(19)8-10-13)17-21-18(27-23-17)20-14-5-3-4-6-15(14)26-2/h3-10H,1-2H3,(H,20,21,23). The van der Waals surface area contributed by atoms with E-state index in [9.17, 15) is 0 Å². The van der Waals surface area contributed by atoms with E-state index in [4.69, 9.17) is 16.3 Å². The van der Waals surface area contributed by atoms with Gasteiger partial charge >= 0.3 is 0 Å². The first-order chi connectivity index (χ1) is 13.2. The number of rotatable bonds is 5. The zero-order valence-electron chi connectivity index (χ0n) is 14.5. The number of nitrogens with zero attached hydrogens (tertiary/aromatic N) is 5. The fourth-order valence-corrected chi connectivity index (χ4v) is 3.31. The highest BCUT2D eigenvalue weighted by atomic mass is 35.5. The Bertz CT molecular complexity index is 1080. The fraction of sp³-hybridized carbons (Fsp3) is 0.111. The summed E-state index contributed by atoms with van der Waals surface area (Å²) in [5, 5.41) is 13.0. The molecular weight excluding hydrogens is 384 g/mol. The molecule has 0 aliphatic rings. The van der Waals surface area contributed by atoms with Crippen LogP contribution in [0.4, 0.5) is 10.8 Å². The molecule has 0 aliphatic heterocycles. The third-order valence-corrected chi connectivity index (χ3v) is 4.83. The van der Waals surface area contributed by atoms with Crippen LogP contribution in [0.15, 0.2) is 48.5 Å². The maximum Gasteiger partial charge on any atom is 0.207 e. The van der Waals surface area contributed by atoms with Crippen molar-refractivity contribution in [3.05, 3.63) is 59.2 Å². The molecule has 0 aliphatic carbocycles. The molecule has 2 aromatic heterocycles. The molecule has 2 heterocycles. The van der Waals surface area contributed by atoms with Crippen LogP contribution in [0.1, 0.15) is 5.69 Å². The number of aromatic nitrogens is 5. The molecule has 0 fully saturated rings. The Morgan fingerprint density at radius 1 is 1.11 bits per heavy atom. The molecule has 0 atom stereocenters. The number of hydrogen-bond donors (Lipinski definition) is 1. The molecule has 0 unspecified atom stereocenters. The molecule has 0 saturated carbocycles. The second-order valence-electron chi connectivity index (χ2n) is 5.66. The van der Waals surface area contributed by atoms with Gasteiger partial charge < -0.3 is 10.1 Å². The lowest BCUT2D eigenvalue weighted by atomic mass is 10.3. The van der Waals surface area contributed by atoms with Crippen molar-refractivity contribution in [2.45, 2.75) is 6.92 Å². The number of hydrogen-bond acceptors (Lipinski definition) is 7. The van der Waals surface area contributed by atoms with Crippen LogP contribution >= 0.6 is 23.1 Å². The Balaban J connectivity index is 1.61. The molecule has 4 rings (SSSR count). The lowest BCUT2D eigenvalue weighted by Gasteiger charge is -2.07. The monoisotopic (exact) mass is 398 g/mol. The first-order valence-electron chi connectivity index (χ1n) is 8.08. The Morgan fingerprint density at radius 2 is 1.89 bits per heavy atom. The van der Waals surface area contributed by atoms with Gasteiger partial charge in [0.1, 0.15) is 5.75 Å². The summed E-state index contributed by atoms with van der Waals surface area (Å²) >= 11 is 7.20. The maximum atomic E-state index is 5.95. The van der Waals surface area contributed by atoms with Crippen LogP contribution in [0, 0.1) is 6.92 Å². The maximum absolute atomic E-state index is 5.95. The minimum absolute atomic E-state index is 0.523. The lowest BCUT2D eigenvalue weighted by molar-refractivity contribution is 0.417. The highest BCUT2D eigenvalue weighted by Gasteiger charge is 2.17. The second-order valence-corrected chi connectivity index (χ2v) is 6.85. The molecule has 1 N–H and O–H groups in total. The van der Waals surface area contributed by atoms with Gasteiger partial charge in [0.2, 0.25) is 5.13 Å². The van der Waals surface area contributed by atoms with E-state index < -0.39 is 0 Å². The van der Waals surface area contributed by atoms with Gasteiger partial charge in [-0.3, -0.25) is 0 Å². The van der Waals surface area contributed by atoms with Crippen molar-refractivity contribution < 1.29 is 4.74 Å². The van der Waals surface area contributed by atoms with Gasteiger partial charge in [-0.1, -0.05) is 28.9 Å². The van der Waals surface area contributed by atoms with Gasteiger partial charge in [0.05, 0.1) is 24.2 Å². The smallest absolute Gasteiger partial charge is 0.207 e. The Kier molecular flexibility index (Phi) is 4.74. The molecule has 0 radical (unpaired) electrons. The van der Waals surface area contributed by atoms with E-state index in [1.54, 1.807) is 11.8 Å². The summed E-state index contributed by atoms with van der Waals surface area (Å²) in [5.74, 6) is 1.26. The van der Waals surface area contributed by atoms with Gasteiger partial charge in [-0.2, -0.15) is 9.36 Å². The zero-order chi connectivity index (χ0) is 18.8. The first-order valence-corrected chi connectivity index (χ1v) is 9.23. The van der Waals surface area contributed by atoms with Gasteiger partial charge in [0.15, 0.2) is 11.5 Å². The minimum atomic E-state index is 0.523. The SMILES string of the molecule is COc1ccccc1Nc1nc(-c2nnn(-c3ccc(Cl)cc3)c2C)ns1. The molecule has 9 heteroatoms. The van der Waals surface area contributed by atoms with Crippen molar-refractivity contribution in [3.63, 3.8) is 0 Å². The van der Waals surface area contributed by atoms with Crippen LogP contribution in [0.5, 0.6) is 5.75 Å². The van der Waals surface area contributed by atoms with Gasteiger partial charge in [-0.25, -0.2) is 4.68 Å². The molecule has 2 aromatic carbocycles. The average Bonchev–Trinajstić information content (AvgIpc) is 3.29. The molecule has 7 nitrogen and oxygen atoms in total. The molecule has 0 spiro atoms. The minimum Gasteiger partial charge on any atom is -0.495 e. The summed E-state index contributed by atoms with van der Waals surface area (Å²) < 4.78 is 11.5. The summed E-state index contributed by atoms with van der Waals surface area (Å²) in [4.78, 5) is 4.54. The summed E-state index contributed by atoms with van der Waals surface area (Å²) in [6, 6.07) is 15.0. The van der Waals surface area contributed by atoms with E-state index >= 15 is 0 Å². The van der Waals surface area contributed by atoms with E-state index in [0.29, 0.717) is 21.7 Å². The largest absolute Gasteiger partial charge is 0.495 e. The molecule has 4 aromatic rings. The number of anilines is 2. The van der Waals surface area contributed by atoms with Gasteiger partial charge in [0, 0.05) is 16.6 Å². The molecule has 0 bridgehead atoms. The second kappa shape index (κ2) is 7.34. The van der Waals surface area contributed by atoms with Gasteiger partial charge in [0.25, 0.3) is 0 Å². The molecule has 136 valence electrons. The number of nitrogens with one attached hydrogen (secondary N) is 1. The average molecular weight is 399 g/mol. The van der Waals surface area contributed by atoms with Gasteiger partial charge in [-0.05, 0) is 43.3 Å². The van der Waals surface area contributed by atoms with Crippen molar-refractivity contribution >= 4 is 34.0 Å². The summed E-state index contributed by atoms with van der Waals surface area (Å²) in [6.07, 6.45) is 0. The van der Waals surface area contributed by atoms with E-state index in [-0.39, 0.29) is 0 Å². The topological polar surface area (TPSA) is 77.8 Å². The molecule has 0 saturated heterocycles. The van der Waals surface area contributed by atoms with Crippen molar-refractivity contribution in [1.29, 1.82) is 0 Å². The van der Waals surface area contributed by atoms with Crippen molar-refractivity contribution in [2.75, 3.05) is 12.4 Å². The van der Waals surface area contributed by atoms with Crippen LogP contribution in [0.2, 0.25) is 5.02 Å². The molecule has 27 heavy (non-hydrogen) atoms. The number of ether oxygens (including phenoxy) is 1. The van der Waals surface area contributed by atoms with E-state index in [1.165, 1.54) is 11.5 Å². The number of methoxy groups -OCH3 is 1. The Hall–Kier alpha value is -2.97. The lowest BCUT2D eigenvalue weighted by Crippen LogP contribution is -1.98. The quantitative estimate of drug-likeness (QED) is 0.533. The van der Waals surface area contributed by atoms with E-state index in [1.807, 2.05) is 55.5 Å². The highest BCUT2D eigenvalue weighted by molar-refractivity contribution is 7.09. The van der Waals surface area contributed by atoms with Crippen LogP contribution < -0.4 is 10.1 Å². The van der Waals surface area contributed by atoms with Crippen LogP contribution in [-0.4, -0.2) is 31.5 Å². The number of benzene rings is 2. The third-order valence-electron chi connectivity index (χ3n) is 3.95. The third kappa shape index (κ3) is 3.49. The van der Waals surface area contributed by atoms with E-state index in [2.05, 4.69) is 25.0 Å². The van der Waals surface area contributed by atoms with Crippen molar-refractivity contribution in [1.82, 2.24) is 24.4 Å². The van der Waals surface area contributed by atoms with Crippen LogP contribution in [-0.2, 0) is 0 Å². The first kappa shape index (κ1) is 17.4. The zero-order valence-corrected chi connectivity index (χ0v) is 16.1. The predicted octanol–water partition coefficient (Wildman–Crippen LogP) is 4.50. The van der Waals surface area contributed by atoms with Crippen molar-refractivity contribution in [2.24, 2.45) is 0 Å². The number of para-hydroxylation sites is 2. The van der Waals surface area contributed by atoms with E-state index in [0.717, 1.165) is 22.8 Å². The molecule has 0 amide bonds. The highest BCUT2D eigenvalue weighted by Crippen LogP contribution is 2.30. The fourth-order valence-electron chi connectivity index (χ4n) is 2.60. The predicted molar refractivity (Wildman–Crippen MR) is 106 cm³/mol. The molecular formula is C18H15ClN6OS. The summed E-state index contributed by atoms with van der Waals surface area (Å²) in [5.41, 5.74) is 3.18. The summed E-state index contributed by atoms with van der Waals surface area (Å²) in [6.45, 7) is 1.93.